The molecule has 0 saturated carbocycles. The third-order valence-corrected chi connectivity index (χ3v) is 4.47. The molecule has 0 bridgehead atoms. The van der Waals surface area contributed by atoms with Gasteiger partial charge in [-0.3, -0.25) is 0 Å². The summed E-state index contributed by atoms with van der Waals surface area (Å²) in [5.74, 6) is 1.33. The van der Waals surface area contributed by atoms with Crippen LogP contribution in [0.5, 0.6) is 0 Å². The van der Waals surface area contributed by atoms with Crippen LogP contribution in [0.1, 0.15) is 53.4 Å². The quantitative estimate of drug-likeness (QED) is 0.602. The van der Waals surface area contributed by atoms with Crippen molar-refractivity contribution >= 4 is 0 Å². The fourth-order valence-electron chi connectivity index (χ4n) is 2.81. The Morgan fingerprint density at radius 1 is 1.41 bits per heavy atom. The van der Waals surface area contributed by atoms with Gasteiger partial charge in [-0.1, -0.05) is 19.1 Å². The Bertz CT molecular complexity index is 304. The van der Waals surface area contributed by atoms with Crippen LogP contribution in [0.2, 0.25) is 0 Å². The van der Waals surface area contributed by atoms with E-state index in [4.69, 9.17) is 4.74 Å². The number of rotatable bonds is 4. The molecular formula is C15H26O2. The van der Waals surface area contributed by atoms with Crippen molar-refractivity contribution in [2.45, 2.75) is 70.7 Å². The Balaban J connectivity index is 1.76. The lowest BCUT2D eigenvalue weighted by Crippen LogP contribution is -2.27. The third-order valence-electron chi connectivity index (χ3n) is 4.47. The first-order chi connectivity index (χ1) is 7.80. The summed E-state index contributed by atoms with van der Waals surface area (Å²) in [6.07, 6.45) is 9.08. The van der Waals surface area contributed by atoms with Gasteiger partial charge in [0.05, 0.1) is 17.3 Å². The zero-order chi connectivity index (χ0) is 12.7. The van der Waals surface area contributed by atoms with Gasteiger partial charge >= 0.3 is 0 Å². The second kappa shape index (κ2) is 4.40. The molecule has 2 heteroatoms. The zero-order valence-corrected chi connectivity index (χ0v) is 11.6. The highest BCUT2D eigenvalue weighted by atomic mass is 16.6. The molecule has 0 amide bonds. The molecule has 1 aliphatic carbocycles. The van der Waals surface area contributed by atoms with E-state index in [0.717, 1.165) is 12.8 Å². The second-order valence-corrected chi connectivity index (χ2v) is 6.68. The van der Waals surface area contributed by atoms with Crippen molar-refractivity contribution in [3.63, 3.8) is 0 Å². The van der Waals surface area contributed by atoms with Crippen LogP contribution in [0.25, 0.3) is 0 Å². The Morgan fingerprint density at radius 3 is 2.53 bits per heavy atom. The highest BCUT2D eigenvalue weighted by molar-refractivity contribution is 5.06. The molecule has 4 atom stereocenters. The molecule has 1 fully saturated rings. The zero-order valence-electron chi connectivity index (χ0n) is 11.6. The predicted molar refractivity (Wildman–Crippen MR) is 69.8 cm³/mol. The monoisotopic (exact) mass is 238 g/mol. The van der Waals surface area contributed by atoms with Crippen molar-refractivity contribution in [1.82, 2.24) is 0 Å². The second-order valence-electron chi connectivity index (χ2n) is 6.68. The van der Waals surface area contributed by atoms with Gasteiger partial charge in [0, 0.05) is 0 Å². The molecule has 1 N–H and O–H groups in total. The van der Waals surface area contributed by atoms with Crippen LogP contribution in [0.3, 0.4) is 0 Å². The van der Waals surface area contributed by atoms with Gasteiger partial charge in [0.25, 0.3) is 0 Å². The van der Waals surface area contributed by atoms with Gasteiger partial charge in [0.15, 0.2) is 0 Å². The topological polar surface area (TPSA) is 32.8 Å². The molecule has 0 unspecified atom stereocenters. The smallest absolute Gasteiger partial charge is 0.0892 e. The van der Waals surface area contributed by atoms with Crippen LogP contribution in [0.4, 0.5) is 0 Å². The Hall–Kier alpha value is -0.340. The van der Waals surface area contributed by atoms with Crippen molar-refractivity contribution < 1.29 is 9.84 Å². The molecule has 98 valence electrons. The first-order valence-corrected chi connectivity index (χ1v) is 6.90. The summed E-state index contributed by atoms with van der Waals surface area (Å²) in [6, 6.07) is 0. The minimum absolute atomic E-state index is 0.131. The summed E-state index contributed by atoms with van der Waals surface area (Å²) in [5, 5.41) is 9.86. The van der Waals surface area contributed by atoms with Crippen molar-refractivity contribution in [2.75, 3.05) is 0 Å². The maximum Gasteiger partial charge on any atom is 0.0892 e. The molecule has 0 aromatic carbocycles. The fourth-order valence-corrected chi connectivity index (χ4v) is 2.81. The summed E-state index contributed by atoms with van der Waals surface area (Å²) < 4.78 is 5.62. The van der Waals surface area contributed by atoms with Gasteiger partial charge in [-0.05, 0) is 58.3 Å². The largest absolute Gasteiger partial charge is 0.386 e. The first kappa shape index (κ1) is 13.1. The van der Waals surface area contributed by atoms with E-state index in [-0.39, 0.29) is 5.60 Å². The van der Waals surface area contributed by atoms with E-state index >= 15 is 0 Å². The van der Waals surface area contributed by atoms with Gasteiger partial charge in [-0.2, -0.15) is 0 Å². The van der Waals surface area contributed by atoms with Crippen LogP contribution >= 0.6 is 0 Å². The van der Waals surface area contributed by atoms with Crippen LogP contribution in [0.15, 0.2) is 12.2 Å². The molecule has 2 aliphatic rings. The molecule has 17 heavy (non-hydrogen) atoms. The lowest BCUT2D eigenvalue weighted by molar-refractivity contribution is 0.0830. The van der Waals surface area contributed by atoms with Crippen molar-refractivity contribution in [3.8, 4) is 0 Å². The van der Waals surface area contributed by atoms with Gasteiger partial charge in [-0.15, -0.1) is 0 Å². The van der Waals surface area contributed by atoms with Crippen molar-refractivity contribution in [3.05, 3.63) is 12.2 Å². The van der Waals surface area contributed by atoms with Gasteiger partial charge < -0.3 is 9.84 Å². The van der Waals surface area contributed by atoms with Crippen LogP contribution in [-0.4, -0.2) is 22.4 Å². The summed E-state index contributed by atoms with van der Waals surface area (Å²) >= 11 is 0. The molecule has 0 aromatic rings. The number of epoxide rings is 1. The lowest BCUT2D eigenvalue weighted by Gasteiger charge is -2.30. The number of aliphatic hydroxyl groups is 1. The molecule has 1 heterocycles. The highest BCUT2D eigenvalue weighted by Gasteiger charge is 2.47. The predicted octanol–water partition coefficient (Wildman–Crippen LogP) is 3.30. The summed E-state index contributed by atoms with van der Waals surface area (Å²) in [7, 11) is 0. The molecule has 0 spiro atoms. The maximum atomic E-state index is 9.86. The van der Waals surface area contributed by atoms with E-state index in [0.29, 0.717) is 17.9 Å². The van der Waals surface area contributed by atoms with E-state index in [1.807, 2.05) is 13.0 Å². The highest BCUT2D eigenvalue weighted by Crippen LogP contribution is 2.40. The minimum atomic E-state index is -0.572. The average Bonchev–Trinajstić information content (AvgIpc) is 2.83. The molecule has 2 nitrogen and oxygen atoms in total. The molecule has 0 aromatic heterocycles. The Labute approximate surface area is 105 Å². The van der Waals surface area contributed by atoms with Crippen molar-refractivity contribution in [2.24, 2.45) is 11.8 Å². The number of hydrogen-bond donors (Lipinski definition) is 1. The molecule has 0 radical (unpaired) electrons. The minimum Gasteiger partial charge on any atom is -0.386 e. The van der Waals surface area contributed by atoms with Crippen LogP contribution < -0.4 is 0 Å². The Morgan fingerprint density at radius 2 is 2.06 bits per heavy atom. The Kier molecular flexibility index (Phi) is 3.39. The van der Waals surface area contributed by atoms with Crippen LogP contribution in [0, 0.1) is 11.8 Å². The number of allylic oxidation sites excluding steroid dienone is 1. The maximum absolute atomic E-state index is 9.86. The van der Waals surface area contributed by atoms with E-state index in [1.165, 1.54) is 12.8 Å². The van der Waals surface area contributed by atoms with Gasteiger partial charge in [-0.25, -0.2) is 0 Å². The van der Waals surface area contributed by atoms with E-state index in [2.05, 4.69) is 26.8 Å². The van der Waals surface area contributed by atoms with E-state index in [1.54, 1.807) is 0 Å². The summed E-state index contributed by atoms with van der Waals surface area (Å²) in [5.41, 5.74) is -0.441. The third kappa shape index (κ3) is 3.32. The average molecular weight is 238 g/mol. The molecule has 2 rings (SSSR count). The first-order valence-electron chi connectivity index (χ1n) is 6.90. The molecular weight excluding hydrogens is 212 g/mol. The molecule has 1 aliphatic heterocycles. The molecule has 1 saturated heterocycles. The van der Waals surface area contributed by atoms with Gasteiger partial charge in [0.1, 0.15) is 0 Å². The summed E-state index contributed by atoms with van der Waals surface area (Å²) in [4.78, 5) is 0. The van der Waals surface area contributed by atoms with E-state index in [9.17, 15) is 5.11 Å². The van der Waals surface area contributed by atoms with Crippen molar-refractivity contribution in [1.29, 1.82) is 0 Å². The number of hydrogen-bond acceptors (Lipinski definition) is 2. The summed E-state index contributed by atoms with van der Waals surface area (Å²) in [6.45, 7) is 8.55. The van der Waals surface area contributed by atoms with E-state index < -0.39 is 5.60 Å². The standard InChI is InChI=1S/C15H26O2/c1-11(5-6-13-14(2,3)17-13)12-7-9-15(4,16)10-8-12/h7,9,11-13,16H,5-6,8,10H2,1-4H3/t11-,12-,13+,15+/m0/s1. The normalized spacial score (nSPS) is 41.2. The number of ether oxygens (including phenoxy) is 1. The fraction of sp³-hybridized carbons (Fsp3) is 0.867. The SMILES string of the molecule is C[C@@H](CC[C@H]1OC1(C)C)[C@H]1C=C[C@@](C)(O)CC1. The lowest BCUT2D eigenvalue weighted by atomic mass is 9.78. The van der Waals surface area contributed by atoms with Crippen LogP contribution in [-0.2, 0) is 4.74 Å². The van der Waals surface area contributed by atoms with Gasteiger partial charge in [0.2, 0.25) is 0 Å².